The zero-order valence-corrected chi connectivity index (χ0v) is 13.8. The van der Waals surface area contributed by atoms with Crippen molar-refractivity contribution in [2.75, 3.05) is 12.8 Å². The zero-order valence-electron chi connectivity index (χ0n) is 11.4. The quantitative estimate of drug-likeness (QED) is 0.837. The van der Waals surface area contributed by atoms with Gasteiger partial charge in [0.2, 0.25) is 10.0 Å². The van der Waals surface area contributed by atoms with E-state index in [1.54, 1.807) is 24.8 Å². The maximum Gasteiger partial charge on any atom is 0.240 e. The van der Waals surface area contributed by atoms with Gasteiger partial charge in [0, 0.05) is 16.3 Å². The number of aliphatic hydroxyl groups is 1. The predicted molar refractivity (Wildman–Crippen MR) is 82.8 cm³/mol. The fourth-order valence-corrected chi connectivity index (χ4v) is 4.61. The van der Waals surface area contributed by atoms with E-state index in [0.717, 1.165) is 12.8 Å². The molecule has 0 saturated heterocycles. The van der Waals surface area contributed by atoms with Gasteiger partial charge in [-0.1, -0.05) is 11.6 Å². The largest absolute Gasteiger partial charge is 0.392 e. The number of hydrogen-bond donors (Lipinski definition) is 2. The third kappa shape index (κ3) is 3.31. The molecular formula is C13H18ClNO3S2. The van der Waals surface area contributed by atoms with E-state index >= 15 is 0 Å². The average molecular weight is 336 g/mol. The highest BCUT2D eigenvalue weighted by molar-refractivity contribution is 8.00. The predicted octanol–water partition coefficient (Wildman–Crippen LogP) is 2.31. The number of sulfonamides is 1. The minimum absolute atomic E-state index is 0.0549. The Morgan fingerprint density at radius 1 is 1.45 bits per heavy atom. The summed E-state index contributed by atoms with van der Waals surface area (Å²) in [6, 6.07) is 3.01. The Bertz CT molecular complexity index is 612. The lowest BCUT2D eigenvalue weighted by atomic mass is 10.1. The van der Waals surface area contributed by atoms with E-state index in [1.807, 2.05) is 6.26 Å². The molecule has 1 aromatic carbocycles. The summed E-state index contributed by atoms with van der Waals surface area (Å²) in [6.45, 7) is 1.87. The minimum atomic E-state index is -3.61. The van der Waals surface area contributed by atoms with Gasteiger partial charge in [0.25, 0.3) is 0 Å². The summed E-state index contributed by atoms with van der Waals surface area (Å²) >= 11 is 7.63. The first-order valence-corrected chi connectivity index (χ1v) is 9.37. The highest BCUT2D eigenvalue weighted by atomic mass is 35.5. The molecule has 20 heavy (non-hydrogen) atoms. The molecule has 0 aliphatic heterocycles. The molecule has 0 bridgehead atoms. The monoisotopic (exact) mass is 335 g/mol. The van der Waals surface area contributed by atoms with Crippen molar-refractivity contribution in [3.63, 3.8) is 0 Å². The van der Waals surface area contributed by atoms with E-state index in [9.17, 15) is 13.5 Å². The van der Waals surface area contributed by atoms with Crippen molar-refractivity contribution in [1.29, 1.82) is 0 Å². The van der Waals surface area contributed by atoms with Crippen LogP contribution in [0.4, 0.5) is 0 Å². The zero-order chi connectivity index (χ0) is 15.0. The second kappa shape index (κ2) is 5.85. The van der Waals surface area contributed by atoms with E-state index in [4.69, 9.17) is 11.6 Å². The third-order valence-corrected chi connectivity index (χ3v) is 6.88. The highest BCUT2D eigenvalue weighted by Crippen LogP contribution is 2.46. The van der Waals surface area contributed by atoms with Crippen LogP contribution in [0.15, 0.2) is 17.0 Å². The Morgan fingerprint density at radius 3 is 2.60 bits per heavy atom. The summed E-state index contributed by atoms with van der Waals surface area (Å²) in [4.78, 5) is 0.144. The smallest absolute Gasteiger partial charge is 0.240 e. The van der Waals surface area contributed by atoms with Gasteiger partial charge in [-0.25, -0.2) is 13.1 Å². The number of aliphatic hydroxyl groups excluding tert-OH is 1. The van der Waals surface area contributed by atoms with E-state index in [2.05, 4.69) is 4.72 Å². The number of benzene rings is 1. The van der Waals surface area contributed by atoms with Crippen molar-refractivity contribution >= 4 is 33.4 Å². The number of hydrogen-bond acceptors (Lipinski definition) is 4. The molecular weight excluding hydrogens is 318 g/mol. The summed E-state index contributed by atoms with van der Waals surface area (Å²) < 4.78 is 27.5. The highest BCUT2D eigenvalue weighted by Gasteiger charge is 2.42. The summed E-state index contributed by atoms with van der Waals surface area (Å²) in [7, 11) is -3.61. The minimum Gasteiger partial charge on any atom is -0.392 e. The van der Waals surface area contributed by atoms with E-state index in [1.165, 1.54) is 6.07 Å². The van der Waals surface area contributed by atoms with Gasteiger partial charge < -0.3 is 5.11 Å². The van der Waals surface area contributed by atoms with Crippen LogP contribution in [0.25, 0.3) is 0 Å². The molecule has 0 amide bonds. The molecule has 112 valence electrons. The van der Waals surface area contributed by atoms with Crippen LogP contribution < -0.4 is 4.72 Å². The van der Waals surface area contributed by atoms with Crippen molar-refractivity contribution in [3.8, 4) is 0 Å². The van der Waals surface area contributed by atoms with E-state index in [0.29, 0.717) is 22.7 Å². The summed E-state index contributed by atoms with van der Waals surface area (Å²) in [5, 5.41) is 9.57. The lowest BCUT2D eigenvalue weighted by Gasteiger charge is -2.16. The molecule has 0 spiro atoms. The topological polar surface area (TPSA) is 66.4 Å². The maximum atomic E-state index is 12.4. The standard InChI is InChI=1S/C13H18ClNO3S2/c1-9-10(7-16)5-11(14)6-12(9)20(17,18)15-8-13(19-2)3-4-13/h5-6,15-16H,3-4,7-8H2,1-2H3. The number of thioether (sulfide) groups is 1. The summed E-state index contributed by atoms with van der Waals surface area (Å²) in [5.74, 6) is 0. The van der Waals surface area contributed by atoms with Crippen LogP contribution in [0.1, 0.15) is 24.0 Å². The number of halogens is 1. The Morgan fingerprint density at radius 2 is 2.10 bits per heavy atom. The SMILES string of the molecule is CSC1(CNS(=O)(=O)c2cc(Cl)cc(CO)c2C)CC1. The fourth-order valence-electron chi connectivity index (χ4n) is 2.05. The van der Waals surface area contributed by atoms with Gasteiger partial charge >= 0.3 is 0 Å². The van der Waals surface area contributed by atoms with Gasteiger partial charge in [-0.15, -0.1) is 0 Å². The molecule has 1 aromatic rings. The Kier molecular flexibility index (Phi) is 4.71. The van der Waals surface area contributed by atoms with Gasteiger partial charge in [-0.05, 0) is 49.3 Å². The van der Waals surface area contributed by atoms with Crippen molar-refractivity contribution in [1.82, 2.24) is 4.72 Å². The Balaban J connectivity index is 2.27. The van der Waals surface area contributed by atoms with Crippen LogP contribution in [0.5, 0.6) is 0 Å². The van der Waals surface area contributed by atoms with Gasteiger partial charge in [-0.2, -0.15) is 11.8 Å². The lowest BCUT2D eigenvalue weighted by molar-refractivity contribution is 0.280. The van der Waals surface area contributed by atoms with Crippen LogP contribution in [-0.4, -0.2) is 31.1 Å². The molecule has 0 heterocycles. The van der Waals surface area contributed by atoms with Crippen molar-refractivity contribution < 1.29 is 13.5 Å². The molecule has 0 aromatic heterocycles. The second-order valence-electron chi connectivity index (χ2n) is 5.06. The van der Waals surface area contributed by atoms with Gasteiger partial charge in [0.05, 0.1) is 11.5 Å². The maximum absolute atomic E-state index is 12.4. The molecule has 1 aliphatic rings. The van der Waals surface area contributed by atoms with Gasteiger partial charge in [0.15, 0.2) is 0 Å². The van der Waals surface area contributed by atoms with Crippen molar-refractivity contribution in [2.24, 2.45) is 0 Å². The molecule has 1 saturated carbocycles. The first-order valence-electron chi connectivity index (χ1n) is 6.28. The fraction of sp³-hybridized carbons (Fsp3) is 0.538. The van der Waals surface area contributed by atoms with E-state index in [-0.39, 0.29) is 16.2 Å². The normalized spacial score (nSPS) is 17.2. The van der Waals surface area contributed by atoms with Crippen LogP contribution >= 0.6 is 23.4 Å². The van der Waals surface area contributed by atoms with Gasteiger partial charge in [0.1, 0.15) is 0 Å². The Labute approximate surface area is 129 Å². The molecule has 4 nitrogen and oxygen atoms in total. The van der Waals surface area contributed by atoms with Gasteiger partial charge in [-0.3, -0.25) is 0 Å². The summed E-state index contributed by atoms with van der Waals surface area (Å²) in [5.41, 5.74) is 1.07. The van der Waals surface area contributed by atoms with Crippen LogP contribution in [0.2, 0.25) is 5.02 Å². The Hall–Kier alpha value is -0.270. The van der Waals surface area contributed by atoms with Crippen LogP contribution in [0.3, 0.4) is 0 Å². The molecule has 7 heteroatoms. The third-order valence-electron chi connectivity index (χ3n) is 3.72. The van der Waals surface area contributed by atoms with Crippen LogP contribution in [-0.2, 0) is 16.6 Å². The molecule has 2 rings (SSSR count). The number of rotatable bonds is 6. The molecule has 1 aliphatic carbocycles. The molecule has 0 radical (unpaired) electrons. The lowest BCUT2D eigenvalue weighted by Crippen LogP contribution is -2.32. The summed E-state index contributed by atoms with van der Waals surface area (Å²) in [6.07, 6.45) is 4.07. The average Bonchev–Trinajstić information content (AvgIpc) is 3.19. The second-order valence-corrected chi connectivity index (χ2v) is 8.50. The van der Waals surface area contributed by atoms with Crippen molar-refractivity contribution in [3.05, 3.63) is 28.3 Å². The molecule has 2 N–H and O–H groups in total. The first kappa shape index (κ1) is 16.1. The molecule has 0 atom stereocenters. The van der Waals surface area contributed by atoms with Crippen LogP contribution in [0, 0.1) is 6.92 Å². The molecule has 0 unspecified atom stereocenters. The van der Waals surface area contributed by atoms with Crippen molar-refractivity contribution in [2.45, 2.75) is 36.0 Å². The molecule has 1 fully saturated rings. The number of nitrogens with one attached hydrogen (secondary N) is 1. The van der Waals surface area contributed by atoms with E-state index < -0.39 is 10.0 Å². The first-order chi connectivity index (χ1) is 9.33.